The zero-order valence-corrected chi connectivity index (χ0v) is 9.59. The molecule has 1 N–H and O–H groups in total. The van der Waals surface area contributed by atoms with Gasteiger partial charge in [0.25, 0.3) is 0 Å². The highest BCUT2D eigenvalue weighted by molar-refractivity contribution is 5.53. The van der Waals surface area contributed by atoms with Gasteiger partial charge in [-0.25, -0.2) is 9.50 Å². The number of hydrogen-bond donors (Lipinski definition) is 1. The van der Waals surface area contributed by atoms with E-state index >= 15 is 0 Å². The lowest BCUT2D eigenvalue weighted by molar-refractivity contribution is -0.147. The van der Waals surface area contributed by atoms with Crippen molar-refractivity contribution in [2.45, 2.75) is 19.0 Å². The van der Waals surface area contributed by atoms with Gasteiger partial charge in [0.1, 0.15) is 0 Å². The molecule has 98 valence electrons. The molecule has 4 nitrogen and oxygen atoms in total. The lowest BCUT2D eigenvalue weighted by Crippen LogP contribution is -2.22. The van der Waals surface area contributed by atoms with Gasteiger partial charge in [-0.2, -0.15) is 17.6 Å². The predicted octanol–water partition coefficient (Wildman–Crippen LogP) is 2.58. The van der Waals surface area contributed by atoms with Crippen molar-refractivity contribution in [1.82, 2.24) is 14.6 Å². The second-order valence-corrected chi connectivity index (χ2v) is 3.81. The largest absolute Gasteiger partial charge is 0.397 e. The van der Waals surface area contributed by atoms with Gasteiger partial charge < -0.3 is 5.32 Å². The normalized spacial score (nSPS) is 13.9. The van der Waals surface area contributed by atoms with Gasteiger partial charge in [0.15, 0.2) is 5.65 Å². The van der Waals surface area contributed by atoms with Gasteiger partial charge in [0.2, 0.25) is 5.95 Å². The van der Waals surface area contributed by atoms with E-state index in [0.717, 1.165) is 17.5 Å². The second kappa shape index (κ2) is 4.11. The fourth-order valence-electron chi connectivity index (χ4n) is 1.69. The lowest BCUT2D eigenvalue weighted by Gasteiger charge is -2.19. The van der Waals surface area contributed by atoms with Crippen LogP contribution in [0.1, 0.15) is 18.5 Å². The van der Waals surface area contributed by atoms with Gasteiger partial charge in [-0.05, 0) is 6.92 Å². The first-order valence-electron chi connectivity index (χ1n) is 5.13. The highest BCUT2D eigenvalue weighted by Crippen LogP contribution is 2.37. The Labute approximate surface area is 99.6 Å². The van der Waals surface area contributed by atoms with Crippen LogP contribution in [0.4, 0.5) is 23.2 Å². The number of aromatic nitrogens is 3. The van der Waals surface area contributed by atoms with Crippen LogP contribution in [0.25, 0.3) is 5.65 Å². The van der Waals surface area contributed by atoms with Crippen LogP contribution in [0.3, 0.4) is 0 Å². The minimum atomic E-state index is -4.44. The molecular formula is C10H10F4N4. The minimum Gasteiger partial charge on any atom is -0.385 e. The Bertz CT molecular complexity index is 575. The Kier molecular flexibility index (Phi) is 2.88. The first kappa shape index (κ1) is 12.6. The van der Waals surface area contributed by atoms with Gasteiger partial charge in [-0.3, -0.25) is 0 Å². The molecule has 0 saturated heterocycles. The summed E-state index contributed by atoms with van der Waals surface area (Å²) in [4.78, 5) is 3.83. The van der Waals surface area contributed by atoms with Crippen molar-refractivity contribution in [1.29, 1.82) is 0 Å². The number of nitrogens with zero attached hydrogens (tertiary/aromatic N) is 3. The molecule has 0 aliphatic rings. The first-order valence-corrected chi connectivity index (χ1v) is 5.13. The van der Waals surface area contributed by atoms with Gasteiger partial charge in [-0.15, -0.1) is 5.10 Å². The molecule has 1 atom stereocenters. The second-order valence-electron chi connectivity index (χ2n) is 3.81. The molecule has 2 rings (SSSR count). The van der Waals surface area contributed by atoms with Crippen LogP contribution in [-0.4, -0.2) is 27.8 Å². The Hall–Kier alpha value is -1.86. The molecule has 2 aromatic rings. The van der Waals surface area contributed by atoms with Crippen LogP contribution in [0.5, 0.6) is 0 Å². The molecule has 0 saturated carbocycles. The Morgan fingerprint density at radius 1 is 1.39 bits per heavy atom. The van der Waals surface area contributed by atoms with E-state index in [1.54, 1.807) is 0 Å². The van der Waals surface area contributed by atoms with Gasteiger partial charge in [-0.1, -0.05) is 0 Å². The summed E-state index contributed by atoms with van der Waals surface area (Å²) in [5, 5.41) is 6.01. The first-order chi connectivity index (χ1) is 8.34. The molecule has 1 unspecified atom stereocenters. The molecule has 8 heteroatoms. The van der Waals surface area contributed by atoms with Crippen LogP contribution in [0, 0.1) is 5.95 Å². The third-order valence-corrected chi connectivity index (χ3v) is 2.66. The standard InChI is InChI=1S/C10H10F4N4/c1-5(10(12,13)14)9-6(15-2)4-16-8-3-7(11)17-18(8)9/h3-5,15H,1-2H3. The Balaban J connectivity index is 2.72. The minimum absolute atomic E-state index is 0.0394. The van der Waals surface area contributed by atoms with Crippen LogP contribution in [0.2, 0.25) is 0 Å². The number of hydrogen-bond acceptors (Lipinski definition) is 3. The third kappa shape index (κ3) is 1.98. The van der Waals surface area contributed by atoms with E-state index in [1.807, 2.05) is 0 Å². The van der Waals surface area contributed by atoms with Crippen molar-refractivity contribution in [2.75, 3.05) is 12.4 Å². The van der Waals surface area contributed by atoms with Crippen LogP contribution < -0.4 is 5.32 Å². The highest BCUT2D eigenvalue weighted by Gasteiger charge is 2.40. The summed E-state index contributed by atoms with van der Waals surface area (Å²) in [6, 6.07) is 0.978. The van der Waals surface area contributed by atoms with E-state index in [4.69, 9.17) is 0 Å². The molecule has 0 amide bonds. The van der Waals surface area contributed by atoms with E-state index in [2.05, 4.69) is 15.4 Å². The molecule has 0 aromatic carbocycles. The number of alkyl halides is 3. The summed E-state index contributed by atoms with van der Waals surface area (Å²) in [5.41, 5.74) is 0.0342. The van der Waals surface area contributed by atoms with Crippen molar-refractivity contribution in [2.24, 2.45) is 0 Å². The van der Waals surface area contributed by atoms with Crippen molar-refractivity contribution in [3.05, 3.63) is 23.9 Å². The molecular weight excluding hydrogens is 252 g/mol. The number of anilines is 1. The van der Waals surface area contributed by atoms with Crippen molar-refractivity contribution in [3.63, 3.8) is 0 Å². The maximum Gasteiger partial charge on any atom is 0.397 e. The summed E-state index contributed by atoms with van der Waals surface area (Å²) in [7, 11) is 1.47. The number of rotatable bonds is 2. The maximum atomic E-state index is 13.0. The number of fused-ring (bicyclic) bond motifs is 1. The zero-order valence-electron chi connectivity index (χ0n) is 9.59. The Morgan fingerprint density at radius 2 is 2.06 bits per heavy atom. The molecule has 2 heterocycles. The van der Waals surface area contributed by atoms with E-state index in [9.17, 15) is 17.6 Å². The summed E-state index contributed by atoms with van der Waals surface area (Å²) in [6.45, 7) is 0.995. The van der Waals surface area contributed by atoms with Crippen molar-refractivity contribution in [3.8, 4) is 0 Å². The van der Waals surface area contributed by atoms with E-state index in [0.29, 0.717) is 0 Å². The van der Waals surface area contributed by atoms with Crippen LogP contribution in [0.15, 0.2) is 12.3 Å². The topological polar surface area (TPSA) is 42.2 Å². The molecule has 0 bridgehead atoms. The maximum absolute atomic E-state index is 13.0. The fourth-order valence-corrected chi connectivity index (χ4v) is 1.69. The monoisotopic (exact) mass is 262 g/mol. The molecule has 18 heavy (non-hydrogen) atoms. The molecule has 0 radical (unpaired) electrons. The van der Waals surface area contributed by atoms with E-state index in [1.165, 1.54) is 13.2 Å². The highest BCUT2D eigenvalue weighted by atomic mass is 19.4. The van der Waals surface area contributed by atoms with Gasteiger partial charge >= 0.3 is 6.18 Å². The summed E-state index contributed by atoms with van der Waals surface area (Å²) in [6.07, 6.45) is -3.21. The molecule has 0 aliphatic heterocycles. The molecule has 0 spiro atoms. The van der Waals surface area contributed by atoms with Crippen LogP contribution >= 0.6 is 0 Å². The smallest absolute Gasteiger partial charge is 0.385 e. The molecule has 0 fully saturated rings. The lowest BCUT2D eigenvalue weighted by atomic mass is 10.1. The van der Waals surface area contributed by atoms with E-state index in [-0.39, 0.29) is 17.0 Å². The van der Waals surface area contributed by atoms with Gasteiger partial charge in [0.05, 0.1) is 23.5 Å². The van der Waals surface area contributed by atoms with Crippen LogP contribution in [-0.2, 0) is 0 Å². The van der Waals surface area contributed by atoms with Crippen molar-refractivity contribution < 1.29 is 17.6 Å². The quantitative estimate of drug-likeness (QED) is 0.846. The average molecular weight is 262 g/mol. The zero-order chi connectivity index (χ0) is 13.5. The summed E-state index contributed by atoms with van der Waals surface area (Å²) >= 11 is 0. The summed E-state index contributed by atoms with van der Waals surface area (Å²) in [5.74, 6) is -2.66. The summed E-state index contributed by atoms with van der Waals surface area (Å²) < 4.78 is 52.3. The van der Waals surface area contributed by atoms with Gasteiger partial charge in [0, 0.05) is 13.1 Å². The van der Waals surface area contributed by atoms with Crippen molar-refractivity contribution >= 4 is 11.3 Å². The average Bonchev–Trinajstić information content (AvgIpc) is 2.65. The molecule has 2 aromatic heterocycles. The number of nitrogens with one attached hydrogen (secondary N) is 1. The third-order valence-electron chi connectivity index (χ3n) is 2.66. The fraction of sp³-hybridized carbons (Fsp3) is 0.400. The Morgan fingerprint density at radius 3 is 2.61 bits per heavy atom. The molecule has 0 aliphatic carbocycles. The number of halogens is 4. The van der Waals surface area contributed by atoms with E-state index < -0.39 is 18.0 Å². The predicted molar refractivity (Wildman–Crippen MR) is 57.0 cm³/mol. The SMILES string of the molecule is CNc1cnc2cc(F)nn2c1C(C)C(F)(F)F.